The highest BCUT2D eigenvalue weighted by Crippen LogP contribution is 2.37. The van der Waals surface area contributed by atoms with Gasteiger partial charge in [-0.15, -0.1) is 0 Å². The number of nitrogens with zero attached hydrogens (tertiary/aromatic N) is 4. The quantitative estimate of drug-likeness (QED) is 0.295. The second kappa shape index (κ2) is 8.92. The normalized spacial score (nSPS) is 11.7. The Kier molecular flexibility index (Phi) is 5.14. The molecule has 174 valence electrons. The third-order valence-corrected chi connectivity index (χ3v) is 7.13. The summed E-state index contributed by atoms with van der Waals surface area (Å²) in [7, 11) is 0. The molecule has 1 aliphatic carbocycles. The van der Waals surface area contributed by atoms with Gasteiger partial charge < -0.3 is 0 Å². The highest BCUT2D eigenvalue weighted by Gasteiger charge is 2.22. The van der Waals surface area contributed by atoms with Crippen LogP contribution in [0.5, 0.6) is 0 Å². The molecule has 6 aromatic rings. The van der Waals surface area contributed by atoms with E-state index in [0.29, 0.717) is 0 Å². The van der Waals surface area contributed by atoms with Crippen molar-refractivity contribution in [3.05, 3.63) is 146 Å². The first-order chi connectivity index (χ1) is 18.3. The molecule has 4 nitrogen and oxygen atoms in total. The number of benzene rings is 2. The predicted molar refractivity (Wildman–Crippen MR) is 144 cm³/mol. The fraction of sp³-hybridized carbons (Fsp3) is 0.0303. The van der Waals surface area contributed by atoms with Crippen LogP contribution in [0.2, 0.25) is 0 Å². The number of hydrogen-bond donors (Lipinski definition) is 0. The van der Waals surface area contributed by atoms with Crippen molar-refractivity contribution in [2.75, 3.05) is 0 Å². The van der Waals surface area contributed by atoms with E-state index in [1.807, 2.05) is 49.1 Å². The smallest absolute Gasteiger partial charge is 0.210 e. The van der Waals surface area contributed by atoms with Gasteiger partial charge in [-0.25, -0.2) is 0 Å². The van der Waals surface area contributed by atoms with E-state index in [1.165, 1.54) is 55.9 Å². The first-order valence-electron chi connectivity index (χ1n) is 12.4. The molecule has 0 amide bonds. The van der Waals surface area contributed by atoms with E-state index in [9.17, 15) is 0 Å². The minimum absolute atomic E-state index is 0.942. The number of fused-ring (bicyclic) bond motifs is 3. The topological polar surface area (TPSA) is 33.5 Å². The second-order valence-corrected chi connectivity index (χ2v) is 9.32. The average molecular weight is 477 g/mol. The SMILES string of the molecule is c1cc(-c2cc[n+](-c3ccc4c(c3)Cc3cc(-[n+]5ccc(-c6ccncc6)cc5)ccc3-4)cc2)ccn1. The van der Waals surface area contributed by atoms with E-state index in [-0.39, 0.29) is 0 Å². The molecule has 0 fully saturated rings. The molecule has 2 aromatic carbocycles. The standard InChI is InChI=1S/C33H24N4/c1-3-32-28(22-30(1)36-17-9-26(10-18-36)24-5-13-34-14-6-24)21-29-23-31(2-4-33(29)32)37-19-11-27(12-20-37)25-7-15-35-16-8-25/h1-20,22-23H,21H2/q+2. The van der Waals surface area contributed by atoms with Gasteiger partial charge in [0.05, 0.1) is 0 Å². The molecule has 0 bridgehead atoms. The Morgan fingerprint density at radius 2 is 0.811 bits per heavy atom. The maximum absolute atomic E-state index is 4.12. The molecule has 0 atom stereocenters. The van der Waals surface area contributed by atoms with Gasteiger partial charge in [0.1, 0.15) is 0 Å². The summed E-state index contributed by atoms with van der Waals surface area (Å²) in [6.07, 6.45) is 16.8. The summed E-state index contributed by atoms with van der Waals surface area (Å²) in [5, 5.41) is 0. The molecule has 4 heterocycles. The lowest BCUT2D eigenvalue weighted by molar-refractivity contribution is -0.595. The summed E-state index contributed by atoms with van der Waals surface area (Å²) in [6.45, 7) is 0. The van der Waals surface area contributed by atoms with E-state index >= 15 is 0 Å². The van der Waals surface area contributed by atoms with Gasteiger partial charge in [-0.05, 0) is 87.3 Å². The Morgan fingerprint density at radius 3 is 1.22 bits per heavy atom. The minimum Gasteiger partial charge on any atom is -0.265 e. The molecule has 4 heteroatoms. The van der Waals surface area contributed by atoms with Crippen LogP contribution < -0.4 is 9.13 Å². The van der Waals surface area contributed by atoms with Crippen LogP contribution in [0.3, 0.4) is 0 Å². The maximum Gasteiger partial charge on any atom is 0.210 e. The fourth-order valence-electron chi connectivity index (χ4n) is 5.18. The van der Waals surface area contributed by atoms with Crippen molar-refractivity contribution in [1.29, 1.82) is 0 Å². The highest BCUT2D eigenvalue weighted by molar-refractivity contribution is 5.78. The molecule has 0 unspecified atom stereocenters. The van der Waals surface area contributed by atoms with Crippen molar-refractivity contribution in [2.24, 2.45) is 0 Å². The van der Waals surface area contributed by atoms with Crippen molar-refractivity contribution < 1.29 is 9.13 Å². The summed E-state index contributed by atoms with van der Waals surface area (Å²) in [6, 6.07) is 30.3. The van der Waals surface area contributed by atoms with E-state index in [4.69, 9.17) is 0 Å². The predicted octanol–water partition coefficient (Wildman–Crippen LogP) is 5.94. The van der Waals surface area contributed by atoms with E-state index in [0.717, 1.165) is 6.42 Å². The first-order valence-corrected chi connectivity index (χ1v) is 12.4. The zero-order valence-corrected chi connectivity index (χ0v) is 20.2. The lowest BCUT2D eigenvalue weighted by atomic mass is 10.0. The van der Waals surface area contributed by atoms with Gasteiger partial charge in [-0.2, -0.15) is 9.13 Å². The lowest BCUT2D eigenvalue weighted by Gasteiger charge is -2.04. The minimum atomic E-state index is 0.942. The number of hydrogen-bond acceptors (Lipinski definition) is 2. The van der Waals surface area contributed by atoms with Crippen LogP contribution >= 0.6 is 0 Å². The molecule has 7 rings (SSSR count). The van der Waals surface area contributed by atoms with Gasteiger partial charge in [0, 0.05) is 73.3 Å². The van der Waals surface area contributed by atoms with E-state index < -0.39 is 0 Å². The molecule has 4 aromatic heterocycles. The van der Waals surface area contributed by atoms with Gasteiger partial charge in [-0.1, -0.05) is 0 Å². The van der Waals surface area contributed by atoms with Crippen molar-refractivity contribution in [3.63, 3.8) is 0 Å². The van der Waals surface area contributed by atoms with Crippen molar-refractivity contribution >= 4 is 0 Å². The molecule has 0 saturated carbocycles. The zero-order valence-electron chi connectivity index (χ0n) is 20.2. The number of rotatable bonds is 4. The van der Waals surface area contributed by atoms with Gasteiger partial charge in [-0.3, -0.25) is 9.97 Å². The molecule has 37 heavy (non-hydrogen) atoms. The van der Waals surface area contributed by atoms with Crippen LogP contribution in [-0.4, -0.2) is 9.97 Å². The zero-order chi connectivity index (χ0) is 24.6. The van der Waals surface area contributed by atoms with Crippen LogP contribution in [0.4, 0.5) is 0 Å². The third kappa shape index (κ3) is 3.99. The molecular weight excluding hydrogens is 452 g/mol. The largest absolute Gasteiger partial charge is 0.265 e. The highest BCUT2D eigenvalue weighted by atomic mass is 14.9. The molecule has 0 N–H and O–H groups in total. The second-order valence-electron chi connectivity index (χ2n) is 9.32. The Bertz CT molecular complexity index is 1580. The van der Waals surface area contributed by atoms with Gasteiger partial charge >= 0.3 is 0 Å². The van der Waals surface area contributed by atoms with Crippen LogP contribution in [0.15, 0.2) is 135 Å². The van der Waals surface area contributed by atoms with Gasteiger partial charge in [0.2, 0.25) is 11.4 Å². The van der Waals surface area contributed by atoms with Crippen LogP contribution in [-0.2, 0) is 6.42 Å². The van der Waals surface area contributed by atoms with Gasteiger partial charge in [0.25, 0.3) is 0 Å². The van der Waals surface area contributed by atoms with Crippen molar-refractivity contribution in [1.82, 2.24) is 9.97 Å². The molecule has 1 aliphatic rings. The Hall–Kier alpha value is -4.96. The first kappa shape index (κ1) is 21.3. The van der Waals surface area contributed by atoms with Gasteiger partial charge in [0.15, 0.2) is 24.8 Å². The summed E-state index contributed by atoms with van der Waals surface area (Å²) in [5.41, 5.74) is 12.5. The fourth-order valence-corrected chi connectivity index (χ4v) is 5.18. The van der Waals surface area contributed by atoms with E-state index in [1.54, 1.807) is 0 Å². The number of pyridine rings is 4. The van der Waals surface area contributed by atoms with Crippen LogP contribution in [0.25, 0.3) is 44.8 Å². The Labute approximate surface area is 215 Å². The molecule has 0 spiro atoms. The summed E-state index contributed by atoms with van der Waals surface area (Å²) >= 11 is 0. The summed E-state index contributed by atoms with van der Waals surface area (Å²) in [4.78, 5) is 8.23. The maximum atomic E-state index is 4.12. The Balaban J connectivity index is 1.14. The number of aromatic nitrogens is 4. The third-order valence-electron chi connectivity index (χ3n) is 7.13. The summed E-state index contributed by atoms with van der Waals surface area (Å²) < 4.78 is 4.36. The molecule has 0 saturated heterocycles. The molecular formula is C33H24N4+2. The van der Waals surface area contributed by atoms with Crippen LogP contribution in [0, 0.1) is 0 Å². The monoisotopic (exact) mass is 476 g/mol. The van der Waals surface area contributed by atoms with Crippen molar-refractivity contribution in [3.8, 4) is 44.8 Å². The summed E-state index contributed by atoms with van der Waals surface area (Å²) in [5.74, 6) is 0. The molecule has 0 radical (unpaired) electrons. The molecule has 0 aliphatic heterocycles. The average Bonchev–Trinajstić information content (AvgIpc) is 3.35. The van der Waals surface area contributed by atoms with Crippen LogP contribution in [0.1, 0.15) is 11.1 Å². The lowest BCUT2D eigenvalue weighted by Crippen LogP contribution is -2.29. The van der Waals surface area contributed by atoms with Crippen molar-refractivity contribution in [2.45, 2.75) is 6.42 Å². The Morgan fingerprint density at radius 1 is 0.432 bits per heavy atom. The van der Waals surface area contributed by atoms with E-state index in [2.05, 4.69) is 105 Å².